The Hall–Kier alpha value is -2.26. The van der Waals surface area contributed by atoms with Crippen LogP contribution in [0.15, 0.2) is 29.2 Å². The van der Waals surface area contributed by atoms with Crippen LogP contribution in [0.4, 0.5) is 5.69 Å². The predicted molar refractivity (Wildman–Crippen MR) is 89.3 cm³/mol. The molecular formula is C16H20N2O6S. The standard InChI is InChI=1S/C16H20N2O6S/c1-11(19)18-12-6-8-13(9-7-12)25(22,23)17-10-16(21)24-15-5-3-2-4-14(15)20/h6-9,15,17H,2-5,10H2,1H3,(H,18,19)/t15-/m0/s1. The molecule has 1 fully saturated rings. The van der Waals surface area contributed by atoms with Gasteiger partial charge in [-0.3, -0.25) is 14.4 Å². The summed E-state index contributed by atoms with van der Waals surface area (Å²) in [7, 11) is -3.90. The van der Waals surface area contributed by atoms with Crippen molar-refractivity contribution >= 4 is 33.4 Å². The molecule has 0 aliphatic heterocycles. The third-order valence-corrected chi connectivity index (χ3v) is 5.08. The summed E-state index contributed by atoms with van der Waals surface area (Å²) < 4.78 is 31.5. The largest absolute Gasteiger partial charge is 0.453 e. The average Bonchev–Trinajstić information content (AvgIpc) is 2.55. The topological polar surface area (TPSA) is 119 Å². The van der Waals surface area contributed by atoms with Crippen molar-refractivity contribution in [3.63, 3.8) is 0 Å². The number of hydrogen-bond acceptors (Lipinski definition) is 6. The number of esters is 1. The van der Waals surface area contributed by atoms with Gasteiger partial charge in [-0.2, -0.15) is 4.72 Å². The molecule has 136 valence electrons. The first-order chi connectivity index (χ1) is 11.8. The molecule has 1 aliphatic carbocycles. The molecule has 0 spiro atoms. The molecule has 0 unspecified atom stereocenters. The number of amides is 1. The van der Waals surface area contributed by atoms with Gasteiger partial charge in [0.05, 0.1) is 4.90 Å². The number of carbonyl (C=O) groups is 3. The van der Waals surface area contributed by atoms with Gasteiger partial charge in [0.1, 0.15) is 6.54 Å². The molecule has 1 atom stereocenters. The summed E-state index contributed by atoms with van der Waals surface area (Å²) in [5.74, 6) is -1.19. The second-order valence-corrected chi connectivity index (χ2v) is 7.49. The summed E-state index contributed by atoms with van der Waals surface area (Å²) in [5.41, 5.74) is 0.460. The fourth-order valence-corrected chi connectivity index (χ4v) is 3.40. The molecular weight excluding hydrogens is 348 g/mol. The Morgan fingerprint density at radius 3 is 2.48 bits per heavy atom. The third-order valence-electron chi connectivity index (χ3n) is 3.66. The number of Topliss-reactive ketones (excluding diaryl/α,β-unsaturated/α-hetero) is 1. The summed E-state index contributed by atoms with van der Waals surface area (Å²) in [6, 6.07) is 5.50. The molecule has 1 amide bonds. The van der Waals surface area contributed by atoms with Gasteiger partial charge in [-0.1, -0.05) is 0 Å². The lowest BCUT2D eigenvalue weighted by Crippen LogP contribution is -2.36. The van der Waals surface area contributed by atoms with Crippen LogP contribution in [0.25, 0.3) is 0 Å². The van der Waals surface area contributed by atoms with E-state index < -0.39 is 28.6 Å². The lowest BCUT2D eigenvalue weighted by Gasteiger charge is -2.20. The van der Waals surface area contributed by atoms with Crippen LogP contribution in [0.3, 0.4) is 0 Å². The first kappa shape index (κ1) is 19.1. The number of sulfonamides is 1. The van der Waals surface area contributed by atoms with Gasteiger partial charge < -0.3 is 10.1 Å². The Balaban J connectivity index is 1.91. The zero-order chi connectivity index (χ0) is 18.4. The SMILES string of the molecule is CC(=O)Nc1ccc(S(=O)(=O)NCC(=O)O[C@H]2CCCCC2=O)cc1. The van der Waals surface area contributed by atoms with E-state index >= 15 is 0 Å². The molecule has 0 heterocycles. The quantitative estimate of drug-likeness (QED) is 0.723. The van der Waals surface area contributed by atoms with E-state index in [0.29, 0.717) is 18.5 Å². The number of hydrogen-bond donors (Lipinski definition) is 2. The van der Waals surface area contributed by atoms with E-state index in [2.05, 4.69) is 10.0 Å². The van der Waals surface area contributed by atoms with Crippen LogP contribution in [0.1, 0.15) is 32.6 Å². The molecule has 9 heteroatoms. The van der Waals surface area contributed by atoms with E-state index in [-0.39, 0.29) is 16.6 Å². The van der Waals surface area contributed by atoms with Crippen LogP contribution < -0.4 is 10.0 Å². The van der Waals surface area contributed by atoms with Crippen LogP contribution in [0.2, 0.25) is 0 Å². The molecule has 1 saturated carbocycles. The lowest BCUT2D eigenvalue weighted by molar-refractivity contribution is -0.155. The van der Waals surface area contributed by atoms with Gasteiger partial charge >= 0.3 is 5.97 Å². The van der Waals surface area contributed by atoms with E-state index in [4.69, 9.17) is 4.74 Å². The second-order valence-electron chi connectivity index (χ2n) is 5.72. The van der Waals surface area contributed by atoms with Gasteiger partial charge in [-0.15, -0.1) is 0 Å². The summed E-state index contributed by atoms with van der Waals surface area (Å²) in [6.45, 7) is 0.786. The summed E-state index contributed by atoms with van der Waals surface area (Å²) in [5, 5.41) is 2.52. The Morgan fingerprint density at radius 1 is 1.20 bits per heavy atom. The Morgan fingerprint density at radius 2 is 1.88 bits per heavy atom. The molecule has 1 aliphatic rings. The number of anilines is 1. The van der Waals surface area contributed by atoms with Crippen molar-refractivity contribution < 1.29 is 27.5 Å². The molecule has 1 aromatic carbocycles. The van der Waals surface area contributed by atoms with Gasteiger partial charge in [-0.05, 0) is 43.5 Å². The summed E-state index contributed by atoms with van der Waals surface area (Å²) in [4.78, 5) is 34.3. The number of carbonyl (C=O) groups excluding carboxylic acids is 3. The van der Waals surface area contributed by atoms with Crippen molar-refractivity contribution in [3.8, 4) is 0 Å². The zero-order valence-corrected chi connectivity index (χ0v) is 14.6. The molecule has 0 radical (unpaired) electrons. The number of benzene rings is 1. The van der Waals surface area contributed by atoms with Crippen LogP contribution >= 0.6 is 0 Å². The molecule has 1 aromatic rings. The van der Waals surface area contributed by atoms with Crippen LogP contribution in [0.5, 0.6) is 0 Å². The van der Waals surface area contributed by atoms with Crippen molar-refractivity contribution in [1.82, 2.24) is 4.72 Å². The van der Waals surface area contributed by atoms with Crippen LogP contribution in [0, 0.1) is 0 Å². The number of ether oxygens (including phenoxy) is 1. The maximum Gasteiger partial charge on any atom is 0.321 e. The summed E-state index contributed by atoms with van der Waals surface area (Å²) >= 11 is 0. The minimum Gasteiger partial charge on any atom is -0.453 e. The van der Waals surface area contributed by atoms with Gasteiger partial charge in [-0.25, -0.2) is 8.42 Å². The smallest absolute Gasteiger partial charge is 0.321 e. The van der Waals surface area contributed by atoms with Gasteiger partial charge in [0.25, 0.3) is 0 Å². The van der Waals surface area contributed by atoms with E-state index in [1.54, 1.807) is 0 Å². The predicted octanol–water partition coefficient (Wildman–Crippen LogP) is 0.978. The Kier molecular flexibility index (Phi) is 6.27. The van der Waals surface area contributed by atoms with Gasteiger partial charge in [0, 0.05) is 19.0 Å². The maximum atomic E-state index is 12.2. The third kappa shape index (κ3) is 5.64. The highest BCUT2D eigenvalue weighted by Gasteiger charge is 2.26. The average molecular weight is 368 g/mol. The normalized spacial score (nSPS) is 17.8. The second kappa shape index (κ2) is 8.21. The molecule has 0 aromatic heterocycles. The molecule has 0 saturated heterocycles. The van der Waals surface area contributed by atoms with Crippen LogP contribution in [-0.4, -0.2) is 38.7 Å². The highest BCUT2D eigenvalue weighted by molar-refractivity contribution is 7.89. The Bertz CT molecular complexity index is 757. The van der Waals surface area contributed by atoms with Crippen LogP contribution in [-0.2, 0) is 29.1 Å². The van der Waals surface area contributed by atoms with Crippen molar-refractivity contribution in [2.45, 2.75) is 43.6 Å². The maximum absolute atomic E-state index is 12.2. The zero-order valence-electron chi connectivity index (χ0n) is 13.8. The first-order valence-electron chi connectivity index (χ1n) is 7.87. The van der Waals surface area contributed by atoms with E-state index in [1.807, 2.05) is 0 Å². The lowest BCUT2D eigenvalue weighted by atomic mass is 9.96. The van der Waals surface area contributed by atoms with Crippen molar-refractivity contribution in [3.05, 3.63) is 24.3 Å². The molecule has 0 bridgehead atoms. The highest BCUT2D eigenvalue weighted by Crippen LogP contribution is 2.17. The van der Waals surface area contributed by atoms with Gasteiger partial charge in [0.2, 0.25) is 15.9 Å². The van der Waals surface area contributed by atoms with Crippen molar-refractivity contribution in [2.24, 2.45) is 0 Å². The molecule has 25 heavy (non-hydrogen) atoms. The van der Waals surface area contributed by atoms with E-state index in [9.17, 15) is 22.8 Å². The minimum absolute atomic E-state index is 0.0526. The molecule has 2 N–H and O–H groups in total. The molecule has 8 nitrogen and oxygen atoms in total. The fraction of sp³-hybridized carbons (Fsp3) is 0.438. The summed E-state index contributed by atoms with van der Waals surface area (Å²) in [6.07, 6.45) is 1.67. The van der Waals surface area contributed by atoms with E-state index in [0.717, 1.165) is 12.8 Å². The fourth-order valence-electron chi connectivity index (χ4n) is 2.43. The van der Waals surface area contributed by atoms with Crippen molar-refractivity contribution in [1.29, 1.82) is 0 Å². The highest BCUT2D eigenvalue weighted by atomic mass is 32.2. The number of rotatable bonds is 6. The number of ketones is 1. The Labute approximate surface area is 146 Å². The molecule has 2 rings (SSSR count). The van der Waals surface area contributed by atoms with Crippen molar-refractivity contribution in [2.75, 3.05) is 11.9 Å². The van der Waals surface area contributed by atoms with E-state index in [1.165, 1.54) is 31.2 Å². The van der Waals surface area contributed by atoms with Gasteiger partial charge in [0.15, 0.2) is 11.9 Å². The number of nitrogens with one attached hydrogen (secondary N) is 2. The minimum atomic E-state index is -3.90. The first-order valence-corrected chi connectivity index (χ1v) is 9.36. The monoisotopic (exact) mass is 368 g/mol.